The van der Waals surface area contributed by atoms with E-state index in [1.165, 1.54) is 11.5 Å². The van der Waals surface area contributed by atoms with Crippen LogP contribution in [0.3, 0.4) is 0 Å². The molecule has 80 valence electrons. The molecule has 15 heavy (non-hydrogen) atoms. The molecule has 0 bridgehead atoms. The molecule has 0 aliphatic carbocycles. The summed E-state index contributed by atoms with van der Waals surface area (Å²) in [6, 6.07) is 1.98. The van der Waals surface area contributed by atoms with Crippen LogP contribution in [0.2, 0.25) is 0 Å². The molecule has 5 heteroatoms. The maximum absolute atomic E-state index is 5.98. The number of rotatable bonds is 3. The zero-order chi connectivity index (χ0) is 10.8. The molecule has 0 spiro atoms. The zero-order valence-electron chi connectivity index (χ0n) is 8.90. The first-order valence-electron chi connectivity index (χ1n) is 4.96. The van der Waals surface area contributed by atoms with Gasteiger partial charge >= 0.3 is 0 Å². The van der Waals surface area contributed by atoms with E-state index in [0.717, 1.165) is 34.8 Å². The lowest BCUT2D eigenvalue weighted by molar-refractivity contribution is 0.781. The Balaban J connectivity index is 2.51. The Labute approximate surface area is 92.9 Å². The third kappa shape index (κ3) is 1.74. The summed E-state index contributed by atoms with van der Waals surface area (Å²) in [7, 11) is 1.87. The van der Waals surface area contributed by atoms with Crippen molar-refractivity contribution in [3.05, 3.63) is 17.8 Å². The van der Waals surface area contributed by atoms with Crippen LogP contribution in [-0.4, -0.2) is 14.2 Å². The number of aromatic nitrogens is 3. The number of aryl methyl sites for hydroxylation is 1. The van der Waals surface area contributed by atoms with Gasteiger partial charge in [-0.2, -0.15) is 5.10 Å². The first-order valence-corrected chi connectivity index (χ1v) is 5.73. The normalized spacial score (nSPS) is 10.8. The van der Waals surface area contributed by atoms with E-state index in [-0.39, 0.29) is 0 Å². The van der Waals surface area contributed by atoms with Crippen molar-refractivity contribution in [1.29, 1.82) is 0 Å². The number of nitrogens with zero attached hydrogens (tertiary/aromatic N) is 3. The third-order valence-electron chi connectivity index (χ3n) is 2.36. The molecule has 2 rings (SSSR count). The van der Waals surface area contributed by atoms with Crippen molar-refractivity contribution in [1.82, 2.24) is 14.2 Å². The summed E-state index contributed by atoms with van der Waals surface area (Å²) in [6.07, 6.45) is 3.83. The minimum Gasteiger partial charge on any atom is -0.384 e. The van der Waals surface area contributed by atoms with Gasteiger partial charge in [0.1, 0.15) is 11.5 Å². The summed E-state index contributed by atoms with van der Waals surface area (Å²) in [6.45, 7) is 2.14. The second-order valence-corrected chi connectivity index (χ2v) is 4.30. The predicted molar refractivity (Wildman–Crippen MR) is 62.7 cm³/mol. The first-order chi connectivity index (χ1) is 7.24. The number of hydrogen-bond acceptors (Lipinski definition) is 4. The Morgan fingerprint density at radius 3 is 2.93 bits per heavy atom. The van der Waals surface area contributed by atoms with E-state index in [1.807, 2.05) is 13.1 Å². The molecule has 2 N–H and O–H groups in total. The van der Waals surface area contributed by atoms with Gasteiger partial charge in [0, 0.05) is 18.8 Å². The van der Waals surface area contributed by atoms with Crippen molar-refractivity contribution in [3.8, 4) is 10.6 Å². The average Bonchev–Trinajstić information content (AvgIpc) is 2.81. The summed E-state index contributed by atoms with van der Waals surface area (Å²) in [4.78, 5) is 1.09. The molecule has 4 nitrogen and oxygen atoms in total. The molecule has 2 aromatic heterocycles. The topological polar surface area (TPSA) is 56.7 Å². The number of nitrogens with two attached hydrogens (primary N) is 1. The molecule has 0 aliphatic heterocycles. The monoisotopic (exact) mass is 222 g/mol. The fraction of sp³-hybridized carbons (Fsp3) is 0.400. The highest BCUT2D eigenvalue weighted by Crippen LogP contribution is 2.29. The minimum absolute atomic E-state index is 0.764. The highest BCUT2D eigenvalue weighted by Gasteiger charge is 2.15. The quantitative estimate of drug-likeness (QED) is 0.865. The van der Waals surface area contributed by atoms with Gasteiger partial charge in [0.25, 0.3) is 0 Å². The van der Waals surface area contributed by atoms with Gasteiger partial charge in [-0.3, -0.25) is 4.68 Å². The van der Waals surface area contributed by atoms with Crippen LogP contribution >= 0.6 is 11.5 Å². The molecular weight excluding hydrogens is 208 g/mol. The van der Waals surface area contributed by atoms with Crippen LogP contribution in [0.5, 0.6) is 0 Å². The standard InChI is InChI=1S/C10H14N4S/c1-3-4-7-9(8-5-6-12-15-8)13-14(2)10(7)11/h5-6H,3-4,11H2,1-2H3. The lowest BCUT2D eigenvalue weighted by atomic mass is 10.1. The molecule has 0 atom stereocenters. The lowest BCUT2D eigenvalue weighted by Gasteiger charge is -1.99. The second-order valence-electron chi connectivity index (χ2n) is 3.46. The van der Waals surface area contributed by atoms with E-state index < -0.39 is 0 Å². The first kappa shape index (κ1) is 10.2. The minimum atomic E-state index is 0.764. The van der Waals surface area contributed by atoms with Crippen molar-refractivity contribution in [2.45, 2.75) is 19.8 Å². The lowest BCUT2D eigenvalue weighted by Crippen LogP contribution is -1.99. The highest BCUT2D eigenvalue weighted by atomic mass is 32.1. The van der Waals surface area contributed by atoms with Gasteiger partial charge in [-0.15, -0.1) is 0 Å². The van der Waals surface area contributed by atoms with Gasteiger partial charge in [0.2, 0.25) is 0 Å². The molecule has 0 saturated heterocycles. The van der Waals surface area contributed by atoms with Gasteiger partial charge in [-0.1, -0.05) is 13.3 Å². The van der Waals surface area contributed by atoms with Gasteiger partial charge < -0.3 is 5.73 Å². The summed E-state index contributed by atoms with van der Waals surface area (Å²) in [5.74, 6) is 0.764. The Morgan fingerprint density at radius 1 is 1.53 bits per heavy atom. The fourth-order valence-electron chi connectivity index (χ4n) is 1.61. The van der Waals surface area contributed by atoms with E-state index in [1.54, 1.807) is 10.9 Å². The molecule has 0 radical (unpaired) electrons. The summed E-state index contributed by atoms with van der Waals surface area (Å²) in [5.41, 5.74) is 8.11. The SMILES string of the molecule is CCCc1c(-c2ccns2)nn(C)c1N. The molecule has 0 unspecified atom stereocenters. The predicted octanol–water partition coefficient (Wildman–Crippen LogP) is 2.08. The molecule has 0 aromatic carbocycles. The average molecular weight is 222 g/mol. The second kappa shape index (κ2) is 4.02. The maximum atomic E-state index is 5.98. The van der Waals surface area contributed by atoms with Gasteiger partial charge in [-0.05, 0) is 24.0 Å². The van der Waals surface area contributed by atoms with Gasteiger partial charge in [0.15, 0.2) is 0 Å². The molecule has 0 aliphatic rings. The van der Waals surface area contributed by atoms with Crippen LogP contribution in [0.15, 0.2) is 12.3 Å². The number of nitrogen functional groups attached to an aromatic ring is 1. The Bertz CT molecular complexity index is 444. The van der Waals surface area contributed by atoms with E-state index in [2.05, 4.69) is 16.4 Å². The van der Waals surface area contributed by atoms with Gasteiger partial charge in [-0.25, -0.2) is 4.37 Å². The van der Waals surface area contributed by atoms with Crippen LogP contribution in [-0.2, 0) is 13.5 Å². The zero-order valence-corrected chi connectivity index (χ0v) is 9.71. The maximum Gasteiger partial charge on any atom is 0.125 e. The molecule has 2 aromatic rings. The van der Waals surface area contributed by atoms with Crippen LogP contribution < -0.4 is 5.73 Å². The van der Waals surface area contributed by atoms with Crippen LogP contribution in [0.4, 0.5) is 5.82 Å². The molecule has 2 heterocycles. The fourth-order valence-corrected chi connectivity index (χ4v) is 2.22. The van der Waals surface area contributed by atoms with E-state index >= 15 is 0 Å². The molecule has 0 saturated carbocycles. The van der Waals surface area contributed by atoms with Crippen molar-refractivity contribution < 1.29 is 0 Å². The van der Waals surface area contributed by atoms with E-state index in [9.17, 15) is 0 Å². The highest BCUT2D eigenvalue weighted by molar-refractivity contribution is 7.09. The summed E-state index contributed by atoms with van der Waals surface area (Å²) >= 11 is 1.46. The molecular formula is C10H14N4S. The Morgan fingerprint density at radius 2 is 2.33 bits per heavy atom. The third-order valence-corrected chi connectivity index (χ3v) is 3.12. The van der Waals surface area contributed by atoms with Crippen LogP contribution in [0, 0.1) is 0 Å². The van der Waals surface area contributed by atoms with Crippen molar-refractivity contribution in [2.24, 2.45) is 7.05 Å². The van der Waals surface area contributed by atoms with E-state index in [0.29, 0.717) is 0 Å². The largest absolute Gasteiger partial charge is 0.384 e. The smallest absolute Gasteiger partial charge is 0.125 e. The van der Waals surface area contributed by atoms with E-state index in [4.69, 9.17) is 5.73 Å². The van der Waals surface area contributed by atoms with Crippen molar-refractivity contribution in [2.75, 3.05) is 5.73 Å². The number of hydrogen-bond donors (Lipinski definition) is 1. The van der Waals surface area contributed by atoms with Crippen LogP contribution in [0.25, 0.3) is 10.6 Å². The summed E-state index contributed by atoms with van der Waals surface area (Å²) < 4.78 is 5.83. The Kier molecular flexibility index (Phi) is 2.73. The van der Waals surface area contributed by atoms with Crippen LogP contribution in [0.1, 0.15) is 18.9 Å². The summed E-state index contributed by atoms with van der Waals surface area (Å²) in [5, 5.41) is 4.43. The Hall–Kier alpha value is -1.36. The molecule has 0 fully saturated rings. The van der Waals surface area contributed by atoms with Gasteiger partial charge in [0.05, 0.1) is 4.88 Å². The number of anilines is 1. The van der Waals surface area contributed by atoms with Crippen molar-refractivity contribution >= 4 is 17.4 Å². The molecule has 0 amide bonds. The van der Waals surface area contributed by atoms with Crippen molar-refractivity contribution in [3.63, 3.8) is 0 Å².